The summed E-state index contributed by atoms with van der Waals surface area (Å²) in [7, 11) is 0. The first kappa shape index (κ1) is 24.1. The highest BCUT2D eigenvalue weighted by Crippen LogP contribution is 2.49. The van der Waals surface area contributed by atoms with Crippen LogP contribution >= 0.6 is 46.4 Å². The van der Waals surface area contributed by atoms with Gasteiger partial charge in [-0.05, 0) is 56.6 Å². The minimum Gasteiger partial charge on any atom is -0.478 e. The summed E-state index contributed by atoms with van der Waals surface area (Å²) in [5.74, 6) is -6.01. The average molecular weight is 566 g/mol. The van der Waals surface area contributed by atoms with Crippen LogP contribution in [-0.2, 0) is 0 Å². The van der Waals surface area contributed by atoms with Crippen molar-refractivity contribution in [1.29, 1.82) is 0 Å². The third-order valence-corrected chi connectivity index (χ3v) is 7.25. The van der Waals surface area contributed by atoms with Gasteiger partial charge in [-0.3, -0.25) is 0 Å². The Labute approximate surface area is 219 Å². The second kappa shape index (κ2) is 7.97. The quantitative estimate of drug-likeness (QED) is 0.132. The van der Waals surface area contributed by atoms with Crippen molar-refractivity contribution in [3.8, 4) is 0 Å². The standard InChI is InChI=1S/C24H8Cl4O8/c25-9-1-5-6-2-10(26)17(23(33)34)20-14(6)8(4-12(28)18(20)24(35)36)7-3-11(27)16(22(31)32)19(13(5)7)15(9)21(29)30/h1-4H,(H,29,30)(H,31,32)(H,33,34)(H,35,36). The predicted molar refractivity (Wildman–Crippen MR) is 136 cm³/mol. The SMILES string of the molecule is O=C(O)c1c(Cl)cc2c3cc(Cl)c(C(=O)O)c4c(C(=O)O)c(Cl)cc(c5cc(Cl)c(C(=O)O)c1c25)c43. The molecule has 0 amide bonds. The van der Waals surface area contributed by atoms with Crippen LogP contribution in [-0.4, -0.2) is 44.3 Å². The Balaban J connectivity index is 2.29. The van der Waals surface area contributed by atoms with Crippen LogP contribution in [0.2, 0.25) is 20.1 Å². The molecule has 0 saturated carbocycles. The molecule has 0 atom stereocenters. The van der Waals surface area contributed by atoms with Crippen LogP contribution in [0.3, 0.4) is 0 Å². The van der Waals surface area contributed by atoms with Gasteiger partial charge in [-0.2, -0.15) is 0 Å². The third kappa shape index (κ3) is 3.09. The fraction of sp³-hybridized carbons (Fsp3) is 0. The molecule has 0 aromatic heterocycles. The fourth-order valence-corrected chi connectivity index (χ4v) is 5.96. The van der Waals surface area contributed by atoms with Crippen LogP contribution in [0.4, 0.5) is 0 Å². The lowest BCUT2D eigenvalue weighted by atomic mass is 9.84. The maximum absolute atomic E-state index is 12.1. The van der Waals surface area contributed by atoms with Gasteiger partial charge in [0, 0.05) is 10.8 Å². The third-order valence-electron chi connectivity index (χ3n) is 6.05. The molecule has 0 fully saturated rings. The number of carboxylic acids is 4. The zero-order valence-corrected chi connectivity index (χ0v) is 20.3. The van der Waals surface area contributed by atoms with Gasteiger partial charge >= 0.3 is 23.9 Å². The molecule has 0 bridgehead atoms. The molecule has 0 aliphatic heterocycles. The van der Waals surface area contributed by atoms with Crippen LogP contribution < -0.4 is 0 Å². The summed E-state index contributed by atoms with van der Waals surface area (Å²) >= 11 is 25.3. The summed E-state index contributed by atoms with van der Waals surface area (Å²) in [6.45, 7) is 0. The maximum atomic E-state index is 12.1. The van der Waals surface area contributed by atoms with E-state index in [1.165, 1.54) is 24.3 Å². The molecule has 5 aromatic rings. The van der Waals surface area contributed by atoms with Crippen molar-refractivity contribution < 1.29 is 39.6 Å². The van der Waals surface area contributed by atoms with Crippen molar-refractivity contribution in [2.45, 2.75) is 0 Å². The van der Waals surface area contributed by atoms with E-state index < -0.39 is 46.1 Å². The molecule has 0 radical (unpaired) electrons. The molecule has 5 rings (SSSR count). The van der Waals surface area contributed by atoms with Gasteiger partial charge in [-0.25, -0.2) is 19.2 Å². The molecule has 5 aromatic carbocycles. The first-order chi connectivity index (χ1) is 16.9. The van der Waals surface area contributed by atoms with Crippen molar-refractivity contribution >= 4 is 113 Å². The van der Waals surface area contributed by atoms with Crippen LogP contribution in [0, 0.1) is 0 Å². The van der Waals surface area contributed by atoms with E-state index in [-0.39, 0.29) is 63.2 Å². The Morgan fingerprint density at radius 2 is 0.611 bits per heavy atom. The topological polar surface area (TPSA) is 149 Å². The zero-order chi connectivity index (χ0) is 26.4. The molecule has 180 valence electrons. The first-order valence-corrected chi connectivity index (χ1v) is 11.3. The number of hydrogen-bond donors (Lipinski definition) is 4. The Hall–Kier alpha value is -3.56. The summed E-state index contributed by atoms with van der Waals surface area (Å²) in [6, 6.07) is 5.11. The average Bonchev–Trinajstić information content (AvgIpc) is 2.74. The number of aromatic carboxylic acids is 4. The second-order valence-electron chi connectivity index (χ2n) is 7.84. The highest BCUT2D eigenvalue weighted by Gasteiger charge is 2.30. The molecule has 0 saturated heterocycles. The lowest BCUT2D eigenvalue weighted by molar-refractivity contribution is 0.0681. The number of rotatable bonds is 4. The lowest BCUT2D eigenvalue weighted by Crippen LogP contribution is -2.09. The van der Waals surface area contributed by atoms with Gasteiger partial charge in [-0.1, -0.05) is 46.4 Å². The minimum absolute atomic E-state index is 0.144. The summed E-state index contributed by atoms with van der Waals surface area (Å²) in [4.78, 5) is 48.6. The van der Waals surface area contributed by atoms with Gasteiger partial charge in [0.25, 0.3) is 0 Å². The van der Waals surface area contributed by atoms with Gasteiger partial charge in [0.05, 0.1) is 42.3 Å². The van der Waals surface area contributed by atoms with Gasteiger partial charge < -0.3 is 20.4 Å². The van der Waals surface area contributed by atoms with Crippen molar-refractivity contribution in [1.82, 2.24) is 0 Å². The van der Waals surface area contributed by atoms with Crippen LogP contribution in [0.25, 0.3) is 43.1 Å². The molecule has 0 heterocycles. The molecule has 12 heteroatoms. The number of fused-ring (bicyclic) bond motifs is 2. The van der Waals surface area contributed by atoms with E-state index in [4.69, 9.17) is 46.4 Å². The van der Waals surface area contributed by atoms with Gasteiger partial charge in [-0.15, -0.1) is 0 Å². The van der Waals surface area contributed by atoms with Gasteiger partial charge in [0.15, 0.2) is 0 Å². The summed E-state index contributed by atoms with van der Waals surface area (Å²) in [6.07, 6.45) is 0. The van der Waals surface area contributed by atoms with E-state index in [1.54, 1.807) is 0 Å². The number of carboxylic acid groups (broad SMARTS) is 4. The Morgan fingerprint density at radius 3 is 0.778 bits per heavy atom. The zero-order valence-electron chi connectivity index (χ0n) is 17.2. The monoisotopic (exact) mass is 564 g/mol. The Morgan fingerprint density at radius 1 is 0.417 bits per heavy atom. The number of benzene rings is 5. The summed E-state index contributed by atoms with van der Waals surface area (Å²) in [5.41, 5.74) is -2.01. The van der Waals surface area contributed by atoms with Crippen LogP contribution in [0.1, 0.15) is 41.4 Å². The first-order valence-electron chi connectivity index (χ1n) is 9.78. The van der Waals surface area contributed by atoms with Crippen LogP contribution in [0.5, 0.6) is 0 Å². The lowest BCUT2D eigenvalue weighted by Gasteiger charge is -2.21. The second-order valence-corrected chi connectivity index (χ2v) is 9.47. The molecular formula is C24H8Cl4O8. The Bertz CT molecular complexity index is 1630. The molecule has 0 unspecified atom stereocenters. The highest BCUT2D eigenvalue weighted by atomic mass is 35.5. The molecular weight excluding hydrogens is 558 g/mol. The fourth-order valence-electron chi connectivity index (χ4n) is 4.83. The van der Waals surface area contributed by atoms with E-state index in [9.17, 15) is 39.6 Å². The van der Waals surface area contributed by atoms with Crippen molar-refractivity contribution in [2.24, 2.45) is 0 Å². The van der Waals surface area contributed by atoms with E-state index >= 15 is 0 Å². The minimum atomic E-state index is -1.50. The van der Waals surface area contributed by atoms with E-state index in [2.05, 4.69) is 0 Å². The molecule has 0 aliphatic rings. The summed E-state index contributed by atoms with van der Waals surface area (Å²) in [5, 5.41) is 38.8. The van der Waals surface area contributed by atoms with Crippen LogP contribution in [0.15, 0.2) is 24.3 Å². The smallest absolute Gasteiger partial charge is 0.337 e. The highest BCUT2D eigenvalue weighted by molar-refractivity contribution is 6.48. The van der Waals surface area contributed by atoms with Crippen molar-refractivity contribution in [2.75, 3.05) is 0 Å². The maximum Gasteiger partial charge on any atom is 0.337 e. The molecule has 8 nitrogen and oxygen atoms in total. The van der Waals surface area contributed by atoms with E-state index in [0.717, 1.165) is 0 Å². The molecule has 4 N–H and O–H groups in total. The summed E-state index contributed by atoms with van der Waals surface area (Å²) < 4.78 is 0. The Kier molecular flexibility index (Phi) is 5.35. The van der Waals surface area contributed by atoms with Gasteiger partial charge in [0.1, 0.15) is 0 Å². The largest absolute Gasteiger partial charge is 0.478 e. The van der Waals surface area contributed by atoms with Crippen molar-refractivity contribution in [3.63, 3.8) is 0 Å². The molecule has 36 heavy (non-hydrogen) atoms. The molecule has 0 aliphatic carbocycles. The predicted octanol–water partition coefficient (Wildman–Crippen LogP) is 7.14. The van der Waals surface area contributed by atoms with Crippen molar-refractivity contribution in [3.05, 3.63) is 66.6 Å². The number of hydrogen-bond acceptors (Lipinski definition) is 4. The van der Waals surface area contributed by atoms with Gasteiger partial charge in [0.2, 0.25) is 0 Å². The van der Waals surface area contributed by atoms with E-state index in [1.807, 2.05) is 0 Å². The number of halogens is 4. The molecule has 0 spiro atoms. The van der Waals surface area contributed by atoms with E-state index in [0.29, 0.717) is 0 Å². The normalized spacial score (nSPS) is 11.7. The number of carbonyl (C=O) groups is 4.